The van der Waals surface area contributed by atoms with Gasteiger partial charge in [-0.2, -0.15) is 5.10 Å². The average molecular weight is 303 g/mol. The van der Waals surface area contributed by atoms with Gasteiger partial charge in [0.1, 0.15) is 5.76 Å². The number of nitrogens with one attached hydrogen (secondary N) is 1. The third-order valence-electron chi connectivity index (χ3n) is 2.67. The Bertz CT molecular complexity index is 643. The quantitative estimate of drug-likeness (QED) is 0.676. The molecule has 0 atom stereocenters. The minimum Gasteiger partial charge on any atom is -0.465 e. The summed E-state index contributed by atoms with van der Waals surface area (Å²) < 4.78 is 5.16. The van der Waals surface area contributed by atoms with E-state index in [9.17, 15) is 4.79 Å². The molecule has 0 aliphatic carbocycles. The summed E-state index contributed by atoms with van der Waals surface area (Å²) in [5.74, 6) is 0.556. The van der Waals surface area contributed by atoms with Crippen LogP contribution in [-0.4, -0.2) is 11.6 Å². The fourth-order valence-electron chi connectivity index (χ4n) is 1.60. The second-order valence-corrected chi connectivity index (χ2v) is 4.88. The molecule has 4 nitrogen and oxygen atoms in total. The van der Waals surface area contributed by atoms with Crippen molar-refractivity contribution in [2.45, 2.75) is 13.3 Å². The monoisotopic (exact) mass is 302 g/mol. The molecule has 1 N–H and O–H groups in total. The first kappa shape index (κ1) is 15.1. The van der Waals surface area contributed by atoms with Crippen LogP contribution in [0.4, 0.5) is 0 Å². The van der Waals surface area contributed by atoms with Gasteiger partial charge in [0.15, 0.2) is 0 Å². The Balaban J connectivity index is 1.84. The smallest absolute Gasteiger partial charge is 0.244 e. The van der Waals surface area contributed by atoms with Crippen LogP contribution in [0, 0.1) is 0 Å². The van der Waals surface area contributed by atoms with Crippen LogP contribution < -0.4 is 5.43 Å². The molecule has 1 aromatic heterocycles. The molecule has 0 saturated carbocycles. The Hall–Kier alpha value is -2.33. The second-order valence-electron chi connectivity index (χ2n) is 4.44. The maximum atomic E-state index is 11.7. The highest BCUT2D eigenvalue weighted by Crippen LogP contribution is 2.09. The topological polar surface area (TPSA) is 54.6 Å². The average Bonchev–Trinajstić information content (AvgIpc) is 2.99. The number of nitrogens with zero attached hydrogens (tertiary/aromatic N) is 1. The molecule has 1 aromatic carbocycles. The fraction of sp³-hybridized carbons (Fsp3) is 0.125. The molecule has 5 heteroatoms. The summed E-state index contributed by atoms with van der Waals surface area (Å²) in [4.78, 5) is 11.7. The van der Waals surface area contributed by atoms with Crippen LogP contribution in [0.3, 0.4) is 0 Å². The third-order valence-corrected chi connectivity index (χ3v) is 2.92. The van der Waals surface area contributed by atoms with Gasteiger partial charge in [-0.1, -0.05) is 23.7 Å². The molecule has 2 rings (SSSR count). The molecule has 0 aliphatic heterocycles. The SMILES string of the molecule is CC(/C=C/c1ccco1)=N/NC(=O)Cc1ccc(Cl)cc1. The first-order valence-corrected chi connectivity index (χ1v) is 6.80. The molecule has 2 aromatic rings. The van der Waals surface area contributed by atoms with Crippen molar-refractivity contribution in [2.24, 2.45) is 5.10 Å². The number of carbonyl (C=O) groups excluding carboxylic acids is 1. The number of benzene rings is 1. The summed E-state index contributed by atoms with van der Waals surface area (Å²) in [7, 11) is 0. The van der Waals surface area contributed by atoms with Gasteiger partial charge in [0, 0.05) is 5.02 Å². The number of amides is 1. The lowest BCUT2D eigenvalue weighted by molar-refractivity contribution is -0.120. The van der Waals surface area contributed by atoms with E-state index in [2.05, 4.69) is 10.5 Å². The minimum atomic E-state index is -0.178. The number of hydrazone groups is 1. The molecule has 0 fully saturated rings. The first-order chi connectivity index (χ1) is 10.1. The molecular formula is C16H15ClN2O2. The lowest BCUT2D eigenvalue weighted by Crippen LogP contribution is -2.20. The lowest BCUT2D eigenvalue weighted by Gasteiger charge is -2.01. The first-order valence-electron chi connectivity index (χ1n) is 6.42. The summed E-state index contributed by atoms with van der Waals surface area (Å²) in [5.41, 5.74) is 4.07. The molecule has 108 valence electrons. The Morgan fingerprint density at radius 1 is 1.33 bits per heavy atom. The number of rotatable bonds is 5. The van der Waals surface area contributed by atoms with Crippen LogP contribution in [0.2, 0.25) is 5.02 Å². The molecular weight excluding hydrogens is 288 g/mol. The second kappa shape index (κ2) is 7.45. The number of allylic oxidation sites excluding steroid dienone is 1. The molecule has 0 unspecified atom stereocenters. The summed E-state index contributed by atoms with van der Waals surface area (Å²) in [6.45, 7) is 1.79. The maximum Gasteiger partial charge on any atom is 0.244 e. The van der Waals surface area contributed by atoms with Gasteiger partial charge in [0.2, 0.25) is 5.91 Å². The zero-order valence-corrected chi connectivity index (χ0v) is 12.3. The van der Waals surface area contributed by atoms with Crippen molar-refractivity contribution in [1.29, 1.82) is 0 Å². The van der Waals surface area contributed by atoms with E-state index in [0.29, 0.717) is 10.7 Å². The van der Waals surface area contributed by atoms with E-state index in [1.807, 2.05) is 18.2 Å². The molecule has 0 radical (unpaired) electrons. The summed E-state index contributed by atoms with van der Waals surface area (Å²) >= 11 is 5.79. The van der Waals surface area contributed by atoms with Crippen molar-refractivity contribution in [3.8, 4) is 0 Å². The number of furan rings is 1. The summed E-state index contributed by atoms with van der Waals surface area (Å²) in [6.07, 6.45) is 5.40. The molecule has 1 heterocycles. The van der Waals surface area contributed by atoms with Crippen LogP contribution in [0.25, 0.3) is 6.08 Å². The van der Waals surface area contributed by atoms with Crippen molar-refractivity contribution < 1.29 is 9.21 Å². The van der Waals surface area contributed by atoms with Gasteiger partial charge in [-0.05, 0) is 48.9 Å². The van der Waals surface area contributed by atoms with E-state index >= 15 is 0 Å². The van der Waals surface area contributed by atoms with Gasteiger partial charge in [0.25, 0.3) is 0 Å². The highest BCUT2D eigenvalue weighted by molar-refractivity contribution is 6.30. The lowest BCUT2D eigenvalue weighted by atomic mass is 10.1. The van der Waals surface area contributed by atoms with E-state index in [-0.39, 0.29) is 12.3 Å². The number of carbonyl (C=O) groups is 1. The van der Waals surface area contributed by atoms with Gasteiger partial charge in [-0.15, -0.1) is 0 Å². The predicted molar refractivity (Wildman–Crippen MR) is 84.1 cm³/mol. The molecule has 1 amide bonds. The Labute approximate surface area is 128 Å². The highest BCUT2D eigenvalue weighted by atomic mass is 35.5. The van der Waals surface area contributed by atoms with Crippen molar-refractivity contribution >= 4 is 29.3 Å². The summed E-state index contributed by atoms with van der Waals surface area (Å²) in [5, 5.41) is 4.65. The zero-order valence-electron chi connectivity index (χ0n) is 11.5. The van der Waals surface area contributed by atoms with Crippen LogP contribution in [0.1, 0.15) is 18.2 Å². The van der Waals surface area contributed by atoms with Crippen LogP contribution in [0.15, 0.2) is 58.3 Å². The fourth-order valence-corrected chi connectivity index (χ4v) is 1.73. The normalized spacial score (nSPS) is 11.8. The molecule has 0 spiro atoms. The largest absolute Gasteiger partial charge is 0.465 e. The van der Waals surface area contributed by atoms with E-state index in [1.54, 1.807) is 43.5 Å². The zero-order chi connectivity index (χ0) is 15.1. The van der Waals surface area contributed by atoms with Crippen molar-refractivity contribution in [2.75, 3.05) is 0 Å². The van der Waals surface area contributed by atoms with Gasteiger partial charge in [-0.3, -0.25) is 4.79 Å². The van der Waals surface area contributed by atoms with Crippen molar-refractivity contribution in [3.63, 3.8) is 0 Å². The van der Waals surface area contributed by atoms with E-state index in [0.717, 1.165) is 11.3 Å². The summed E-state index contributed by atoms with van der Waals surface area (Å²) in [6, 6.07) is 10.8. The molecule has 0 aliphatic rings. The van der Waals surface area contributed by atoms with Crippen LogP contribution in [0.5, 0.6) is 0 Å². The van der Waals surface area contributed by atoms with Gasteiger partial charge in [0.05, 0.1) is 18.4 Å². The molecule has 21 heavy (non-hydrogen) atoms. The highest BCUT2D eigenvalue weighted by Gasteiger charge is 2.02. The van der Waals surface area contributed by atoms with Gasteiger partial charge >= 0.3 is 0 Å². The number of hydrogen-bond acceptors (Lipinski definition) is 3. The molecule has 0 bridgehead atoms. The van der Waals surface area contributed by atoms with Crippen molar-refractivity contribution in [3.05, 3.63) is 65.1 Å². The van der Waals surface area contributed by atoms with Crippen LogP contribution in [-0.2, 0) is 11.2 Å². The molecule has 0 saturated heterocycles. The number of halogens is 1. The van der Waals surface area contributed by atoms with E-state index in [4.69, 9.17) is 16.0 Å². The van der Waals surface area contributed by atoms with Crippen LogP contribution >= 0.6 is 11.6 Å². The maximum absolute atomic E-state index is 11.7. The third kappa shape index (κ3) is 5.28. The van der Waals surface area contributed by atoms with E-state index in [1.165, 1.54) is 0 Å². The van der Waals surface area contributed by atoms with Gasteiger partial charge in [-0.25, -0.2) is 5.43 Å². The standard InChI is InChI=1S/C16H15ClN2O2/c1-12(4-9-15-3-2-10-21-15)18-19-16(20)11-13-5-7-14(17)8-6-13/h2-10H,11H2,1H3,(H,19,20)/b9-4+,18-12-. The Kier molecular flexibility index (Phi) is 5.35. The van der Waals surface area contributed by atoms with Gasteiger partial charge < -0.3 is 4.42 Å². The Morgan fingerprint density at radius 3 is 2.76 bits per heavy atom. The van der Waals surface area contributed by atoms with E-state index < -0.39 is 0 Å². The number of hydrogen-bond donors (Lipinski definition) is 1. The minimum absolute atomic E-state index is 0.178. The Morgan fingerprint density at radius 2 is 2.10 bits per heavy atom. The van der Waals surface area contributed by atoms with Crippen molar-refractivity contribution in [1.82, 2.24) is 5.43 Å². The predicted octanol–water partition coefficient (Wildman–Crippen LogP) is 3.68.